The minimum absolute atomic E-state index is 0.194. The SMILES string of the molecule is CC(C)C(O)(c1ccc(B(O)O)cc1)c1cn(C(c2ccccc2)(c2ccccc2)c2ccccc2)cn1.CCNC(=O)c1cccc(-c2ccc(C(O)(c3cn(C(c4ccccc4)(c4ccccc4)c4ccccc4)cn3)C(C)C)cc2)n1. The third-order valence-electron chi connectivity index (χ3n) is 16.1. The molecule has 0 saturated carbocycles. The van der Waals surface area contributed by atoms with Crippen molar-refractivity contribution in [3.05, 3.63) is 335 Å². The number of imidazole rings is 2. The summed E-state index contributed by atoms with van der Waals surface area (Å²) in [5, 5.41) is 46.5. The van der Waals surface area contributed by atoms with Gasteiger partial charge in [-0.25, -0.2) is 15.0 Å². The molecule has 8 aromatic carbocycles. The number of carbonyl (C=O) groups excluding carboxylic acids is 1. The van der Waals surface area contributed by atoms with Crippen molar-refractivity contribution < 1.29 is 25.1 Å². The molecule has 0 aliphatic rings. The number of hydrogen-bond acceptors (Lipinski definition) is 8. The molecule has 2 atom stereocenters. The summed E-state index contributed by atoms with van der Waals surface area (Å²) in [5.41, 5.74) is 6.86. The van der Waals surface area contributed by atoms with Gasteiger partial charge in [-0.2, -0.15) is 0 Å². The van der Waals surface area contributed by atoms with Gasteiger partial charge in [0.05, 0.1) is 29.7 Å². The van der Waals surface area contributed by atoms with Crippen LogP contribution in [0.4, 0.5) is 0 Å². The number of rotatable bonds is 18. The predicted molar refractivity (Wildman–Crippen MR) is 333 cm³/mol. The summed E-state index contributed by atoms with van der Waals surface area (Å²) in [6, 6.07) is 82.0. The molecule has 0 radical (unpaired) electrons. The van der Waals surface area contributed by atoms with Crippen LogP contribution >= 0.6 is 0 Å². The monoisotopic (exact) mass is 1110 g/mol. The van der Waals surface area contributed by atoms with Crippen LogP contribution in [0.3, 0.4) is 0 Å². The van der Waals surface area contributed by atoms with Crippen molar-refractivity contribution in [3.8, 4) is 11.3 Å². The van der Waals surface area contributed by atoms with E-state index in [-0.39, 0.29) is 17.7 Å². The van der Waals surface area contributed by atoms with E-state index < -0.39 is 29.4 Å². The highest BCUT2D eigenvalue weighted by Gasteiger charge is 2.44. The van der Waals surface area contributed by atoms with E-state index in [4.69, 9.17) is 9.97 Å². The van der Waals surface area contributed by atoms with Crippen LogP contribution in [0, 0.1) is 11.8 Å². The van der Waals surface area contributed by atoms with Crippen LogP contribution in [0.2, 0.25) is 0 Å². The van der Waals surface area contributed by atoms with E-state index in [1.165, 1.54) is 0 Å². The Hall–Kier alpha value is -9.30. The Labute approximate surface area is 492 Å². The lowest BCUT2D eigenvalue weighted by atomic mass is 9.75. The minimum atomic E-state index is -1.57. The molecule has 0 fully saturated rings. The second-order valence-electron chi connectivity index (χ2n) is 21.6. The van der Waals surface area contributed by atoms with Crippen molar-refractivity contribution in [1.29, 1.82) is 0 Å². The molecule has 5 N–H and O–H groups in total. The largest absolute Gasteiger partial charge is 0.488 e. The first-order valence-corrected chi connectivity index (χ1v) is 28.5. The number of aliphatic hydroxyl groups is 2. The zero-order valence-electron chi connectivity index (χ0n) is 47.9. The molecule has 0 spiro atoms. The third kappa shape index (κ3) is 10.8. The van der Waals surface area contributed by atoms with Crippen molar-refractivity contribution in [1.82, 2.24) is 29.4 Å². The van der Waals surface area contributed by atoms with E-state index in [0.717, 1.165) is 44.5 Å². The fourth-order valence-corrected chi connectivity index (χ4v) is 11.7. The lowest BCUT2D eigenvalue weighted by Gasteiger charge is -2.37. The van der Waals surface area contributed by atoms with Gasteiger partial charge >= 0.3 is 7.12 Å². The quantitative estimate of drug-likeness (QED) is 0.0420. The van der Waals surface area contributed by atoms with E-state index in [0.29, 0.717) is 40.3 Å². The zero-order valence-corrected chi connectivity index (χ0v) is 47.9. The molecular formula is C72H69BN6O5. The van der Waals surface area contributed by atoms with Crippen LogP contribution in [0.15, 0.2) is 274 Å². The molecule has 11 rings (SSSR count). The van der Waals surface area contributed by atoms with Crippen molar-refractivity contribution in [2.45, 2.75) is 56.9 Å². The summed E-state index contributed by atoms with van der Waals surface area (Å²) in [6.07, 6.45) is 7.54. The molecule has 0 saturated heterocycles. The second-order valence-corrected chi connectivity index (χ2v) is 21.6. The smallest absolute Gasteiger partial charge is 0.423 e. The minimum Gasteiger partial charge on any atom is -0.423 e. The molecule has 3 heterocycles. The average molecular weight is 1110 g/mol. The Balaban J connectivity index is 0.000000191. The number of aromatic nitrogens is 5. The highest BCUT2D eigenvalue weighted by Crippen LogP contribution is 2.45. The Kier molecular flexibility index (Phi) is 17.3. The normalized spacial score (nSPS) is 13.1. The molecule has 11 nitrogen and oxygen atoms in total. The Morgan fingerprint density at radius 1 is 0.452 bits per heavy atom. The van der Waals surface area contributed by atoms with Crippen molar-refractivity contribution in [2.24, 2.45) is 11.8 Å². The maximum Gasteiger partial charge on any atom is 0.488 e. The summed E-state index contributed by atoms with van der Waals surface area (Å²) in [6.45, 7) is 10.3. The lowest BCUT2D eigenvalue weighted by Crippen LogP contribution is -2.38. The van der Waals surface area contributed by atoms with Crippen molar-refractivity contribution in [2.75, 3.05) is 6.54 Å². The van der Waals surface area contributed by atoms with Crippen molar-refractivity contribution in [3.63, 3.8) is 0 Å². The number of benzene rings is 8. The number of carbonyl (C=O) groups is 1. The van der Waals surface area contributed by atoms with Gasteiger partial charge in [-0.3, -0.25) is 4.79 Å². The highest BCUT2D eigenvalue weighted by molar-refractivity contribution is 6.58. The summed E-state index contributed by atoms with van der Waals surface area (Å²) in [5.74, 6) is -0.612. The summed E-state index contributed by atoms with van der Waals surface area (Å²) in [4.78, 5) is 26.7. The second kappa shape index (κ2) is 25.1. The maximum absolute atomic E-state index is 12.5. The van der Waals surface area contributed by atoms with Crippen LogP contribution in [0.25, 0.3) is 11.3 Å². The Morgan fingerprint density at radius 3 is 1.10 bits per heavy atom. The first-order chi connectivity index (χ1) is 40.8. The van der Waals surface area contributed by atoms with E-state index in [2.05, 4.69) is 129 Å². The molecule has 3 aromatic heterocycles. The Bertz CT molecular complexity index is 3690. The summed E-state index contributed by atoms with van der Waals surface area (Å²) < 4.78 is 4.21. The van der Waals surface area contributed by atoms with Gasteiger partial charge in [0.25, 0.3) is 5.91 Å². The van der Waals surface area contributed by atoms with Gasteiger partial charge in [0, 0.05) is 24.5 Å². The maximum atomic E-state index is 12.5. The Morgan fingerprint density at radius 2 is 0.786 bits per heavy atom. The van der Waals surface area contributed by atoms with Gasteiger partial charge in [0.1, 0.15) is 28.0 Å². The molecule has 420 valence electrons. The first-order valence-electron chi connectivity index (χ1n) is 28.5. The molecule has 11 aromatic rings. The molecule has 2 unspecified atom stereocenters. The lowest BCUT2D eigenvalue weighted by molar-refractivity contribution is 0.0276. The zero-order chi connectivity index (χ0) is 58.9. The van der Waals surface area contributed by atoms with E-state index >= 15 is 0 Å². The molecule has 0 aliphatic carbocycles. The van der Waals surface area contributed by atoms with E-state index in [1.807, 2.05) is 163 Å². The molecule has 12 heteroatoms. The number of nitrogens with one attached hydrogen (secondary N) is 1. The molecule has 1 amide bonds. The number of nitrogens with zero attached hydrogens (tertiary/aromatic N) is 5. The van der Waals surface area contributed by atoms with E-state index in [1.54, 1.807) is 36.7 Å². The van der Waals surface area contributed by atoms with Gasteiger partial charge in [-0.15, -0.1) is 0 Å². The fourth-order valence-electron chi connectivity index (χ4n) is 11.7. The van der Waals surface area contributed by atoms with Crippen LogP contribution in [-0.2, 0) is 22.3 Å². The topological polar surface area (TPSA) is 159 Å². The molecular weight excluding hydrogens is 1040 g/mol. The standard InChI is InChI=1S/C40H38N4O2.C32H31BN2O3/c1-4-41-38(45)36-22-14-21-35(43-36)30-23-25-34(26-24-30)40(46,29(2)3)37-27-44(28-42-37)39(31-15-8-5-9-16-31,32-17-10-6-11-18-32)33-19-12-7-13-20-33;1-24(2)32(36,28-18-20-29(21-19-28)33(37)38)30-22-35(23-34-30)31(25-12-6-3-7-13-25,26-14-8-4-9-15-26)27-16-10-5-11-17-27/h5-29,46H,4H2,1-3H3,(H,41,45);3-24,36-38H,1-2H3. The van der Waals surface area contributed by atoms with Crippen LogP contribution in [-0.4, -0.2) is 63.9 Å². The third-order valence-corrected chi connectivity index (χ3v) is 16.1. The van der Waals surface area contributed by atoms with Crippen LogP contribution in [0.1, 0.15) is 101 Å². The summed E-state index contributed by atoms with van der Waals surface area (Å²) in [7, 11) is -1.57. The van der Waals surface area contributed by atoms with Gasteiger partial charge in [0.15, 0.2) is 0 Å². The molecule has 0 aliphatic heterocycles. The molecule has 0 bridgehead atoms. The van der Waals surface area contributed by atoms with Gasteiger partial charge in [0.2, 0.25) is 0 Å². The summed E-state index contributed by atoms with van der Waals surface area (Å²) >= 11 is 0. The van der Waals surface area contributed by atoms with Gasteiger partial charge in [-0.05, 0) is 80.9 Å². The van der Waals surface area contributed by atoms with Crippen LogP contribution in [0.5, 0.6) is 0 Å². The van der Waals surface area contributed by atoms with Crippen molar-refractivity contribution >= 4 is 18.5 Å². The van der Waals surface area contributed by atoms with Gasteiger partial charge in [-0.1, -0.05) is 264 Å². The van der Waals surface area contributed by atoms with Crippen LogP contribution < -0.4 is 10.8 Å². The number of hydrogen-bond donors (Lipinski definition) is 5. The number of amides is 1. The van der Waals surface area contributed by atoms with Gasteiger partial charge < -0.3 is 34.7 Å². The highest BCUT2D eigenvalue weighted by atomic mass is 16.4. The molecule has 84 heavy (non-hydrogen) atoms. The first kappa shape index (κ1) is 57.9. The number of pyridine rings is 1. The predicted octanol–water partition coefficient (Wildman–Crippen LogP) is 11.7. The average Bonchev–Trinajstić information content (AvgIpc) is 4.33. The fraction of sp³-hybridized carbons (Fsp3) is 0.167. The van der Waals surface area contributed by atoms with E-state index in [9.17, 15) is 25.1 Å².